The molecule has 0 radical (unpaired) electrons. The van der Waals surface area contributed by atoms with E-state index >= 15 is 0 Å². The summed E-state index contributed by atoms with van der Waals surface area (Å²) in [4.78, 5) is 24.9. The number of likely N-dealkylation sites (tertiary alicyclic amines) is 1. The van der Waals surface area contributed by atoms with E-state index in [1.165, 1.54) is 0 Å². The van der Waals surface area contributed by atoms with Crippen LogP contribution < -0.4 is 0 Å². The number of piperidine rings is 1. The van der Waals surface area contributed by atoms with Gasteiger partial charge in [0, 0.05) is 39.1 Å². The van der Waals surface area contributed by atoms with Crippen LogP contribution in [0, 0.1) is 5.92 Å². The highest BCUT2D eigenvalue weighted by Crippen LogP contribution is 2.28. The number of aliphatic carboxylic acids is 1. The second kappa shape index (κ2) is 13.1. The van der Waals surface area contributed by atoms with Crippen LogP contribution in [-0.4, -0.2) is 59.4 Å². The Morgan fingerprint density at radius 3 is 2.69 bits per heavy atom. The van der Waals surface area contributed by atoms with Crippen molar-refractivity contribution in [3.05, 3.63) is 0 Å². The lowest BCUT2D eigenvalue weighted by molar-refractivity contribution is -0.138. The van der Waals surface area contributed by atoms with Gasteiger partial charge in [0.05, 0.1) is 6.10 Å². The van der Waals surface area contributed by atoms with Crippen molar-refractivity contribution >= 4 is 11.9 Å². The Labute approximate surface area is 157 Å². The molecule has 152 valence electrons. The van der Waals surface area contributed by atoms with E-state index in [1.807, 2.05) is 4.90 Å². The molecule has 0 aliphatic carbocycles. The van der Waals surface area contributed by atoms with Gasteiger partial charge in [-0.3, -0.25) is 9.59 Å². The summed E-state index contributed by atoms with van der Waals surface area (Å²) in [6, 6.07) is 0.215. The molecule has 0 aromatic heterocycles. The first-order valence-electron chi connectivity index (χ1n) is 10.1. The molecule has 3 atom stereocenters. The zero-order valence-corrected chi connectivity index (χ0v) is 16.5. The van der Waals surface area contributed by atoms with Crippen LogP contribution in [0.5, 0.6) is 0 Å². The summed E-state index contributed by atoms with van der Waals surface area (Å²) in [7, 11) is 1.67. The monoisotopic (exact) mass is 371 g/mol. The highest BCUT2D eigenvalue weighted by Gasteiger charge is 2.32. The molecule has 0 aromatic rings. The van der Waals surface area contributed by atoms with E-state index in [-0.39, 0.29) is 30.4 Å². The number of ether oxygens (including phenoxy) is 1. The van der Waals surface area contributed by atoms with Crippen molar-refractivity contribution in [2.45, 2.75) is 89.7 Å². The van der Waals surface area contributed by atoms with Gasteiger partial charge in [0.15, 0.2) is 0 Å². The highest BCUT2D eigenvalue weighted by atomic mass is 16.5. The number of aliphatic hydroxyl groups excluding tert-OH is 1. The molecule has 1 saturated heterocycles. The van der Waals surface area contributed by atoms with Crippen LogP contribution in [0.1, 0.15) is 77.6 Å². The van der Waals surface area contributed by atoms with E-state index < -0.39 is 5.97 Å². The van der Waals surface area contributed by atoms with Gasteiger partial charge in [-0.1, -0.05) is 19.8 Å². The van der Waals surface area contributed by atoms with Crippen LogP contribution in [0.4, 0.5) is 0 Å². The number of unbranched alkanes of at least 4 members (excludes halogenated alkanes) is 3. The Morgan fingerprint density at radius 1 is 1.27 bits per heavy atom. The van der Waals surface area contributed by atoms with Crippen LogP contribution in [0.2, 0.25) is 0 Å². The van der Waals surface area contributed by atoms with Crippen LogP contribution >= 0.6 is 0 Å². The number of carboxylic acid groups (broad SMARTS) is 1. The first kappa shape index (κ1) is 22.9. The van der Waals surface area contributed by atoms with Gasteiger partial charge in [0.1, 0.15) is 0 Å². The second-order valence-electron chi connectivity index (χ2n) is 7.61. The van der Waals surface area contributed by atoms with Gasteiger partial charge in [-0.15, -0.1) is 0 Å². The Morgan fingerprint density at radius 2 is 2.00 bits per heavy atom. The predicted molar refractivity (Wildman–Crippen MR) is 101 cm³/mol. The number of aliphatic hydroxyl groups is 1. The molecule has 1 aliphatic rings. The third kappa shape index (κ3) is 8.99. The number of amides is 1. The maximum atomic E-state index is 12.4. The first-order chi connectivity index (χ1) is 12.5. The Hall–Kier alpha value is -1.14. The fraction of sp³-hybridized carbons (Fsp3) is 0.900. The molecule has 0 aromatic carbocycles. The second-order valence-corrected chi connectivity index (χ2v) is 7.61. The van der Waals surface area contributed by atoms with E-state index in [0.29, 0.717) is 19.4 Å². The molecule has 1 rings (SSSR count). The van der Waals surface area contributed by atoms with E-state index in [9.17, 15) is 14.7 Å². The molecule has 1 unspecified atom stereocenters. The maximum absolute atomic E-state index is 12.4. The highest BCUT2D eigenvalue weighted by molar-refractivity contribution is 5.77. The van der Waals surface area contributed by atoms with Crippen molar-refractivity contribution in [2.75, 3.05) is 20.3 Å². The molecule has 0 spiro atoms. The average Bonchev–Trinajstić information content (AvgIpc) is 2.58. The molecule has 1 heterocycles. The van der Waals surface area contributed by atoms with E-state index in [0.717, 1.165) is 57.9 Å². The number of carbonyl (C=O) groups excluding carboxylic acids is 1. The van der Waals surface area contributed by atoms with E-state index in [2.05, 4.69) is 6.92 Å². The predicted octanol–water partition coefficient (Wildman–Crippen LogP) is 3.22. The SMILES string of the molecule is COCCCC(O)C[C@H](C)[C@H]1CCCC(=O)N1CCCCCCC(=O)O. The van der Waals surface area contributed by atoms with Crippen molar-refractivity contribution in [2.24, 2.45) is 5.92 Å². The van der Waals surface area contributed by atoms with Gasteiger partial charge in [-0.05, 0) is 50.9 Å². The molecule has 1 amide bonds. The Balaban J connectivity index is 2.40. The fourth-order valence-corrected chi connectivity index (χ4v) is 3.91. The van der Waals surface area contributed by atoms with Crippen LogP contribution in [-0.2, 0) is 14.3 Å². The molecule has 1 aliphatic heterocycles. The lowest BCUT2D eigenvalue weighted by Gasteiger charge is -2.40. The van der Waals surface area contributed by atoms with Crippen molar-refractivity contribution in [1.82, 2.24) is 4.90 Å². The number of hydrogen-bond acceptors (Lipinski definition) is 4. The van der Waals surface area contributed by atoms with Gasteiger partial charge < -0.3 is 19.8 Å². The minimum Gasteiger partial charge on any atom is -0.481 e. The van der Waals surface area contributed by atoms with Gasteiger partial charge in [0.25, 0.3) is 0 Å². The first-order valence-corrected chi connectivity index (χ1v) is 10.1. The summed E-state index contributed by atoms with van der Waals surface area (Å²) in [6.45, 7) is 3.56. The summed E-state index contributed by atoms with van der Waals surface area (Å²) in [6.07, 6.45) is 8.25. The number of methoxy groups -OCH3 is 1. The van der Waals surface area contributed by atoms with Gasteiger partial charge >= 0.3 is 5.97 Å². The summed E-state index contributed by atoms with van der Waals surface area (Å²) >= 11 is 0. The molecule has 0 bridgehead atoms. The standard InChI is InChI=1S/C20H37NO5/c1-16(15-17(22)9-8-14-26-2)18-10-7-11-19(23)21(18)13-6-4-3-5-12-20(24)25/h16-18,22H,3-15H2,1-2H3,(H,24,25)/t16-,17?,18+/m0/s1. The zero-order chi connectivity index (χ0) is 19.4. The van der Waals surface area contributed by atoms with Gasteiger partial charge in [-0.2, -0.15) is 0 Å². The molecule has 0 saturated carbocycles. The van der Waals surface area contributed by atoms with Crippen LogP contribution in [0.25, 0.3) is 0 Å². The minimum atomic E-state index is -0.742. The van der Waals surface area contributed by atoms with Crippen molar-refractivity contribution in [3.63, 3.8) is 0 Å². The number of hydrogen-bond donors (Lipinski definition) is 2. The minimum absolute atomic E-state index is 0.215. The number of carboxylic acids is 1. The molecular weight excluding hydrogens is 334 g/mol. The maximum Gasteiger partial charge on any atom is 0.303 e. The smallest absolute Gasteiger partial charge is 0.303 e. The fourth-order valence-electron chi connectivity index (χ4n) is 3.91. The number of rotatable bonds is 14. The number of carbonyl (C=O) groups is 2. The van der Waals surface area contributed by atoms with Gasteiger partial charge in [0.2, 0.25) is 5.91 Å². The third-order valence-electron chi connectivity index (χ3n) is 5.34. The van der Waals surface area contributed by atoms with E-state index in [1.54, 1.807) is 7.11 Å². The molecule has 2 N–H and O–H groups in total. The van der Waals surface area contributed by atoms with E-state index in [4.69, 9.17) is 9.84 Å². The molecular formula is C20H37NO5. The number of nitrogens with zero attached hydrogens (tertiary/aromatic N) is 1. The summed E-state index contributed by atoms with van der Waals surface area (Å²) < 4.78 is 5.03. The normalized spacial score (nSPS) is 20.2. The molecule has 26 heavy (non-hydrogen) atoms. The quantitative estimate of drug-likeness (QED) is 0.458. The molecule has 1 fully saturated rings. The molecule has 6 heteroatoms. The average molecular weight is 372 g/mol. The summed E-state index contributed by atoms with van der Waals surface area (Å²) in [5.74, 6) is -0.231. The lowest BCUT2D eigenvalue weighted by Crippen LogP contribution is -2.47. The van der Waals surface area contributed by atoms with Crippen molar-refractivity contribution in [1.29, 1.82) is 0 Å². The topological polar surface area (TPSA) is 87.1 Å². The zero-order valence-electron chi connectivity index (χ0n) is 16.5. The lowest BCUT2D eigenvalue weighted by atomic mass is 9.86. The van der Waals surface area contributed by atoms with Crippen molar-refractivity contribution in [3.8, 4) is 0 Å². The Kier molecular flexibility index (Phi) is 11.5. The largest absolute Gasteiger partial charge is 0.481 e. The third-order valence-corrected chi connectivity index (χ3v) is 5.34. The van der Waals surface area contributed by atoms with Crippen LogP contribution in [0.15, 0.2) is 0 Å². The van der Waals surface area contributed by atoms with Gasteiger partial charge in [-0.25, -0.2) is 0 Å². The van der Waals surface area contributed by atoms with Crippen LogP contribution in [0.3, 0.4) is 0 Å². The molecule has 6 nitrogen and oxygen atoms in total. The summed E-state index contributed by atoms with van der Waals surface area (Å²) in [5, 5.41) is 18.9. The van der Waals surface area contributed by atoms with Crippen molar-refractivity contribution < 1.29 is 24.5 Å². The summed E-state index contributed by atoms with van der Waals surface area (Å²) in [5.41, 5.74) is 0. The Bertz CT molecular complexity index is 415.